The molecule has 0 aromatic heterocycles. The first-order valence-electron chi connectivity index (χ1n) is 17.5. The van der Waals surface area contributed by atoms with Gasteiger partial charge in [-0.2, -0.15) is 0 Å². The number of hydrogen-bond acceptors (Lipinski definition) is 20. The first-order valence-corrected chi connectivity index (χ1v) is 17.5. The van der Waals surface area contributed by atoms with Crippen LogP contribution in [0.2, 0.25) is 0 Å². The number of carbonyl (C=O) groups is 3. The number of esters is 1. The lowest BCUT2D eigenvalue weighted by molar-refractivity contribution is -0.379. The highest BCUT2D eigenvalue weighted by Crippen LogP contribution is 2.40. The molecule has 1 aliphatic carbocycles. The van der Waals surface area contributed by atoms with E-state index >= 15 is 0 Å². The first-order chi connectivity index (χ1) is 25.3. The predicted molar refractivity (Wildman–Crippen MR) is 171 cm³/mol. The van der Waals surface area contributed by atoms with Gasteiger partial charge in [-0.25, -0.2) is 4.79 Å². The molecular formula is C32H53NO21. The summed E-state index contributed by atoms with van der Waals surface area (Å²) in [7, 11) is 1.17. The lowest BCUT2D eigenvalue weighted by Crippen LogP contribution is -2.70. The molecule has 22 nitrogen and oxygen atoms in total. The molecule has 4 rings (SSSR count). The van der Waals surface area contributed by atoms with Crippen LogP contribution in [-0.2, 0) is 47.5 Å². The molecule has 4 aliphatic rings. The van der Waals surface area contributed by atoms with Crippen molar-refractivity contribution >= 4 is 17.8 Å². The maximum atomic E-state index is 12.8. The zero-order valence-electron chi connectivity index (χ0n) is 30.0. The highest BCUT2D eigenvalue weighted by atomic mass is 16.8. The van der Waals surface area contributed by atoms with Crippen molar-refractivity contribution in [3.8, 4) is 0 Å². The third-order valence-corrected chi connectivity index (χ3v) is 10.4. The highest BCUT2D eigenvalue weighted by molar-refractivity contribution is 5.76. The van der Waals surface area contributed by atoms with Crippen molar-refractivity contribution in [1.29, 1.82) is 0 Å². The number of aliphatic hydroxyl groups is 10. The maximum absolute atomic E-state index is 12.8. The fourth-order valence-electron chi connectivity index (χ4n) is 7.40. The second-order valence-electron chi connectivity index (χ2n) is 14.3. The second kappa shape index (κ2) is 18.4. The van der Waals surface area contributed by atoms with Crippen LogP contribution in [0, 0.1) is 11.8 Å². The molecule has 3 heterocycles. The van der Waals surface area contributed by atoms with Gasteiger partial charge in [0.25, 0.3) is 5.79 Å². The van der Waals surface area contributed by atoms with Gasteiger partial charge in [-0.1, -0.05) is 6.92 Å². The Bertz CT molecular complexity index is 1280. The van der Waals surface area contributed by atoms with E-state index in [-0.39, 0.29) is 12.8 Å². The third-order valence-electron chi connectivity index (χ3n) is 10.4. The zero-order chi connectivity index (χ0) is 40.4. The fourth-order valence-corrected chi connectivity index (χ4v) is 7.40. The number of rotatable bonds is 13. The van der Waals surface area contributed by atoms with Gasteiger partial charge in [0.1, 0.15) is 61.0 Å². The number of amides is 1. The predicted octanol–water partition coefficient (Wildman–Crippen LogP) is -6.22. The Morgan fingerprint density at radius 3 is 2.09 bits per heavy atom. The summed E-state index contributed by atoms with van der Waals surface area (Å²) in [6.07, 6.45) is -28.2. The van der Waals surface area contributed by atoms with Gasteiger partial charge in [-0.3, -0.25) is 9.59 Å². The summed E-state index contributed by atoms with van der Waals surface area (Å²) in [6, 6.07) is -1.55. The molecule has 0 aromatic carbocycles. The second-order valence-corrected chi connectivity index (χ2v) is 14.3. The Balaban J connectivity index is 1.66. The number of aliphatic hydroxyl groups excluding tert-OH is 10. The summed E-state index contributed by atoms with van der Waals surface area (Å²) in [5.41, 5.74) is 0. The van der Waals surface area contributed by atoms with E-state index in [9.17, 15) is 70.6 Å². The number of aliphatic carboxylic acids is 1. The Kier molecular flexibility index (Phi) is 15.1. The molecule has 20 atom stereocenters. The summed E-state index contributed by atoms with van der Waals surface area (Å²) in [4.78, 5) is 37.4. The molecule has 0 spiro atoms. The van der Waals surface area contributed by atoms with Crippen LogP contribution in [0.1, 0.15) is 40.0 Å². The zero-order valence-corrected chi connectivity index (χ0v) is 30.0. The summed E-state index contributed by atoms with van der Waals surface area (Å²) in [6.45, 7) is 2.16. The summed E-state index contributed by atoms with van der Waals surface area (Å²) in [5, 5.41) is 118. The average Bonchev–Trinajstić information content (AvgIpc) is 3.13. The number of carboxylic acids is 1. The van der Waals surface area contributed by atoms with Gasteiger partial charge in [0.05, 0.1) is 56.7 Å². The molecule has 0 aromatic rings. The lowest BCUT2D eigenvalue weighted by atomic mass is 9.78. The molecular weight excluding hydrogens is 734 g/mol. The van der Waals surface area contributed by atoms with E-state index in [1.165, 1.54) is 14.0 Å². The Labute approximate surface area is 309 Å². The van der Waals surface area contributed by atoms with Crippen molar-refractivity contribution in [3.05, 3.63) is 0 Å². The SMILES string of the molecule is COC(=O)C1CC(C)C(OC2OC(C)C(O)C(O)C2O)C(OC2OC(CO)C(O)C(OC3(C(=O)O)CC(O)C(NC(C)=O)C([C@H](O)[C@H](O)CO)O3)C2O)C1. The largest absolute Gasteiger partial charge is 0.477 e. The molecule has 3 saturated heterocycles. The molecule has 3 aliphatic heterocycles. The molecule has 1 amide bonds. The van der Waals surface area contributed by atoms with E-state index in [0.717, 1.165) is 6.92 Å². The number of hydrogen-bond donors (Lipinski definition) is 12. The average molecular weight is 788 g/mol. The van der Waals surface area contributed by atoms with Gasteiger partial charge in [0.2, 0.25) is 5.91 Å². The molecule has 4 fully saturated rings. The summed E-state index contributed by atoms with van der Waals surface area (Å²) >= 11 is 0. The monoisotopic (exact) mass is 787 g/mol. The number of ether oxygens (including phenoxy) is 7. The molecule has 54 heavy (non-hydrogen) atoms. The van der Waals surface area contributed by atoms with Crippen LogP contribution < -0.4 is 5.32 Å². The molecule has 0 bridgehead atoms. The van der Waals surface area contributed by atoms with Crippen molar-refractivity contribution < 1.29 is 104 Å². The number of methoxy groups -OCH3 is 1. The van der Waals surface area contributed by atoms with Gasteiger partial charge in [0.15, 0.2) is 12.6 Å². The number of nitrogens with one attached hydrogen (secondary N) is 1. The Hall–Kier alpha value is -2.23. The molecule has 22 heteroatoms. The number of carboxylic acid groups (broad SMARTS) is 1. The fraction of sp³-hybridized carbons (Fsp3) is 0.906. The maximum Gasteiger partial charge on any atom is 0.364 e. The Morgan fingerprint density at radius 2 is 1.52 bits per heavy atom. The van der Waals surface area contributed by atoms with Crippen LogP contribution in [0.3, 0.4) is 0 Å². The molecule has 0 radical (unpaired) electrons. The van der Waals surface area contributed by atoms with Crippen LogP contribution >= 0.6 is 0 Å². The van der Waals surface area contributed by atoms with Crippen LogP contribution in [-0.4, -0.2) is 204 Å². The smallest absolute Gasteiger partial charge is 0.364 e. The highest BCUT2D eigenvalue weighted by Gasteiger charge is 2.60. The summed E-state index contributed by atoms with van der Waals surface area (Å²) in [5.74, 6) is -7.72. The standard InChI is InChI=1S/C32H53NO21/c1-10-5-13(28(45)48-4)6-16(25(10)52-29-23(43)22(42)19(39)11(2)49-29)50-30-24(44)27(21(41)17(9-35)51-30)54-32(31(46)47)7-14(37)18(33-12(3)36)26(53-32)20(40)15(38)8-34/h10-11,13-27,29-30,34-35,37-44H,5-9H2,1-4H3,(H,33,36)(H,46,47)/t10?,11?,13?,14?,15-,16?,17?,18?,19?,20-,21?,22?,23?,24?,25?,26?,27?,29?,30?,32?/m1/s1. The van der Waals surface area contributed by atoms with Gasteiger partial charge in [-0.15, -0.1) is 0 Å². The van der Waals surface area contributed by atoms with E-state index in [0.29, 0.717) is 0 Å². The van der Waals surface area contributed by atoms with E-state index in [1.54, 1.807) is 6.92 Å². The summed E-state index contributed by atoms with van der Waals surface area (Å²) < 4.78 is 39.8. The van der Waals surface area contributed by atoms with Crippen LogP contribution in [0.25, 0.3) is 0 Å². The van der Waals surface area contributed by atoms with E-state index in [2.05, 4.69) is 5.32 Å². The van der Waals surface area contributed by atoms with Crippen molar-refractivity contribution in [3.63, 3.8) is 0 Å². The lowest BCUT2D eigenvalue weighted by Gasteiger charge is -2.50. The van der Waals surface area contributed by atoms with Crippen molar-refractivity contribution in [1.82, 2.24) is 5.32 Å². The topological polar surface area (TPSA) is 350 Å². The quantitative estimate of drug-likeness (QED) is 0.0773. The normalized spacial score (nSPS) is 45.6. The third kappa shape index (κ3) is 9.31. The molecule has 12 N–H and O–H groups in total. The minimum absolute atomic E-state index is 0.151. The minimum Gasteiger partial charge on any atom is -0.477 e. The first kappa shape index (κ1) is 44.5. The van der Waals surface area contributed by atoms with Gasteiger partial charge in [-0.05, 0) is 25.7 Å². The molecule has 1 saturated carbocycles. The van der Waals surface area contributed by atoms with Gasteiger partial charge < -0.3 is 94.6 Å². The minimum atomic E-state index is -3.03. The van der Waals surface area contributed by atoms with Crippen molar-refractivity contribution in [2.75, 3.05) is 20.3 Å². The van der Waals surface area contributed by atoms with Crippen LogP contribution in [0.4, 0.5) is 0 Å². The van der Waals surface area contributed by atoms with E-state index in [1.807, 2.05) is 0 Å². The molecule has 312 valence electrons. The van der Waals surface area contributed by atoms with E-state index in [4.69, 9.17) is 33.2 Å². The van der Waals surface area contributed by atoms with Crippen molar-refractivity contribution in [2.45, 2.75) is 150 Å². The number of carbonyl (C=O) groups excluding carboxylic acids is 2. The van der Waals surface area contributed by atoms with Crippen LogP contribution in [0.15, 0.2) is 0 Å². The molecule has 18 unspecified atom stereocenters. The van der Waals surface area contributed by atoms with Gasteiger partial charge in [0, 0.05) is 13.3 Å². The van der Waals surface area contributed by atoms with Crippen LogP contribution in [0.5, 0.6) is 0 Å². The van der Waals surface area contributed by atoms with E-state index < -0.39 is 159 Å². The van der Waals surface area contributed by atoms with Crippen molar-refractivity contribution in [2.24, 2.45) is 11.8 Å². The van der Waals surface area contributed by atoms with Gasteiger partial charge >= 0.3 is 11.9 Å². The Morgan fingerprint density at radius 1 is 0.870 bits per heavy atom.